The summed E-state index contributed by atoms with van der Waals surface area (Å²) in [6.07, 6.45) is -2.99. The predicted molar refractivity (Wildman–Crippen MR) is 124 cm³/mol. The Morgan fingerprint density at radius 1 is 1.28 bits per heavy atom. The second-order valence-electron chi connectivity index (χ2n) is 9.56. The van der Waals surface area contributed by atoms with Gasteiger partial charge >= 0.3 is 6.18 Å². The van der Waals surface area contributed by atoms with E-state index in [1.165, 1.54) is 18.3 Å². The molecular weight excluding hydrogens is 567 g/mol. The van der Waals surface area contributed by atoms with Crippen molar-refractivity contribution in [2.75, 3.05) is 11.5 Å². The predicted octanol–water partition coefficient (Wildman–Crippen LogP) is 5.14. The van der Waals surface area contributed by atoms with Gasteiger partial charge in [0.15, 0.2) is 0 Å². The van der Waals surface area contributed by atoms with Crippen LogP contribution in [-0.2, 0) is 20.5 Å². The Morgan fingerprint density at radius 2 is 1.97 bits per heavy atom. The van der Waals surface area contributed by atoms with Crippen LogP contribution in [0.5, 0.6) is 5.88 Å². The number of hydrogen-bond donors (Lipinski definition) is 0. The molecule has 3 fully saturated rings. The van der Waals surface area contributed by atoms with Crippen molar-refractivity contribution in [1.82, 2.24) is 4.98 Å². The number of alkyl halides is 3. The van der Waals surface area contributed by atoms with Crippen LogP contribution in [0.1, 0.15) is 31.4 Å². The average molecular weight is 585 g/mol. The van der Waals surface area contributed by atoms with Crippen molar-refractivity contribution in [2.45, 2.75) is 37.6 Å². The fourth-order valence-electron chi connectivity index (χ4n) is 5.86. The maximum absolute atomic E-state index is 13.6. The maximum atomic E-state index is 13.6. The zero-order valence-electron chi connectivity index (χ0n) is 18.9. The third-order valence-corrected chi connectivity index (χ3v) is 8.15. The van der Waals surface area contributed by atoms with Gasteiger partial charge in [-0.15, -0.1) is 0 Å². The fraction of sp³-hybridized carbons (Fsp3) is 0.417. The van der Waals surface area contributed by atoms with E-state index in [4.69, 9.17) is 26.3 Å². The molecular formula is C24H18BrClF3N3O4. The number of anilines is 1. The summed E-state index contributed by atoms with van der Waals surface area (Å²) in [7, 11) is 0. The fourth-order valence-corrected chi connectivity index (χ4v) is 6.61. The van der Waals surface area contributed by atoms with Crippen molar-refractivity contribution in [1.29, 1.82) is 5.26 Å². The van der Waals surface area contributed by atoms with Gasteiger partial charge in [-0.3, -0.25) is 9.59 Å². The van der Waals surface area contributed by atoms with Crippen LogP contribution in [0, 0.1) is 29.1 Å². The summed E-state index contributed by atoms with van der Waals surface area (Å²) >= 11 is 9.26. The number of nitriles is 1. The molecule has 4 heterocycles. The van der Waals surface area contributed by atoms with E-state index in [2.05, 4.69) is 20.9 Å². The van der Waals surface area contributed by atoms with E-state index in [0.717, 1.165) is 11.0 Å². The summed E-state index contributed by atoms with van der Waals surface area (Å²) in [5.74, 6) is -2.99. The van der Waals surface area contributed by atoms with E-state index in [9.17, 15) is 22.8 Å². The number of carbonyl (C=O) groups excluding carboxylic acids is 2. The molecule has 1 aromatic heterocycles. The van der Waals surface area contributed by atoms with Crippen LogP contribution >= 0.6 is 27.5 Å². The first-order valence-electron chi connectivity index (χ1n) is 10.9. The van der Waals surface area contributed by atoms with Gasteiger partial charge in [0, 0.05) is 12.1 Å². The number of aromatic nitrogens is 1. The van der Waals surface area contributed by atoms with E-state index >= 15 is 0 Å². The van der Waals surface area contributed by atoms with Crippen LogP contribution in [-0.4, -0.2) is 34.6 Å². The molecule has 5 rings (SSSR count). The Kier molecular flexibility index (Phi) is 5.67. The second-order valence-corrected chi connectivity index (χ2v) is 10.8. The molecule has 3 aliphatic heterocycles. The third kappa shape index (κ3) is 3.61. The van der Waals surface area contributed by atoms with Gasteiger partial charge in [0.1, 0.15) is 0 Å². The minimum absolute atomic E-state index is 0.138. The lowest BCUT2D eigenvalue weighted by molar-refractivity contribution is -0.138. The van der Waals surface area contributed by atoms with Crippen molar-refractivity contribution >= 4 is 45.0 Å². The van der Waals surface area contributed by atoms with Gasteiger partial charge in [-0.25, -0.2) is 9.88 Å². The number of halogens is 5. The molecule has 188 valence electrons. The summed E-state index contributed by atoms with van der Waals surface area (Å²) in [6, 6.07) is 5.95. The molecule has 12 heteroatoms. The average Bonchev–Trinajstić information content (AvgIpc) is 3.32. The number of benzene rings is 1. The highest BCUT2D eigenvalue weighted by molar-refractivity contribution is 9.10. The minimum atomic E-state index is -4.82. The smallest absolute Gasteiger partial charge is 0.417 e. The van der Waals surface area contributed by atoms with Gasteiger partial charge in [-0.2, -0.15) is 18.4 Å². The molecule has 2 aromatic rings. The summed E-state index contributed by atoms with van der Waals surface area (Å²) in [5.41, 5.74) is -4.10. The molecule has 0 spiro atoms. The van der Waals surface area contributed by atoms with Gasteiger partial charge in [0.05, 0.1) is 62.0 Å². The monoisotopic (exact) mass is 583 g/mol. The molecule has 0 N–H and O–H groups in total. The Labute approximate surface area is 217 Å². The number of imide groups is 1. The highest BCUT2D eigenvalue weighted by Gasteiger charge is 2.75. The summed E-state index contributed by atoms with van der Waals surface area (Å²) in [5, 5.41) is 9.49. The molecule has 3 aliphatic rings. The first kappa shape index (κ1) is 25.0. The third-order valence-electron chi connectivity index (χ3n) is 7.38. The summed E-state index contributed by atoms with van der Waals surface area (Å²) in [6.45, 7) is 3.61. The van der Waals surface area contributed by atoms with Gasteiger partial charge in [0.25, 0.3) is 0 Å². The number of carbonyl (C=O) groups is 2. The Morgan fingerprint density at radius 3 is 2.61 bits per heavy atom. The van der Waals surface area contributed by atoms with Crippen molar-refractivity contribution in [3.8, 4) is 11.9 Å². The lowest BCUT2D eigenvalue weighted by Gasteiger charge is -2.35. The highest BCUT2D eigenvalue weighted by Crippen LogP contribution is 2.63. The summed E-state index contributed by atoms with van der Waals surface area (Å²) in [4.78, 5) is 31.9. The van der Waals surface area contributed by atoms with E-state index in [-0.39, 0.29) is 18.2 Å². The maximum Gasteiger partial charge on any atom is 0.417 e. The molecule has 2 amide bonds. The molecule has 36 heavy (non-hydrogen) atoms. The molecule has 0 unspecified atom stereocenters. The van der Waals surface area contributed by atoms with Crippen molar-refractivity contribution in [2.24, 2.45) is 17.8 Å². The van der Waals surface area contributed by atoms with E-state index in [1.54, 1.807) is 19.9 Å². The van der Waals surface area contributed by atoms with E-state index in [1.807, 2.05) is 0 Å². The van der Waals surface area contributed by atoms with Gasteiger partial charge < -0.3 is 9.47 Å². The first-order chi connectivity index (χ1) is 16.8. The zero-order valence-corrected chi connectivity index (χ0v) is 21.2. The number of fused-ring (bicyclic) bond motifs is 5. The second kappa shape index (κ2) is 8.16. The van der Waals surface area contributed by atoms with E-state index < -0.39 is 52.2 Å². The van der Waals surface area contributed by atoms with Gasteiger partial charge in [-0.1, -0.05) is 11.6 Å². The Bertz CT molecular complexity index is 1350. The SMILES string of the molecule is C[C@]12O[C@](C)(C[C@H]1COc1ncc(Cl)cc1Br)[C@H]1C(=O)N(c3ccc(C#N)c(C(F)(F)F)c3)C(=O)[C@H]12. The Hall–Kier alpha value is -2.68. The van der Waals surface area contributed by atoms with Gasteiger partial charge in [0.2, 0.25) is 17.7 Å². The molecule has 5 atom stereocenters. The molecule has 7 nitrogen and oxygen atoms in total. The number of rotatable bonds is 4. The number of ether oxygens (including phenoxy) is 2. The number of hydrogen-bond acceptors (Lipinski definition) is 6. The Balaban J connectivity index is 1.45. The number of amides is 2. The van der Waals surface area contributed by atoms with Crippen molar-refractivity contribution in [3.63, 3.8) is 0 Å². The first-order valence-corrected chi connectivity index (χ1v) is 12.1. The number of pyridine rings is 1. The van der Waals surface area contributed by atoms with Crippen LogP contribution < -0.4 is 9.64 Å². The van der Waals surface area contributed by atoms with Crippen LogP contribution in [0.2, 0.25) is 5.02 Å². The van der Waals surface area contributed by atoms with Crippen LogP contribution in [0.25, 0.3) is 0 Å². The molecule has 3 saturated heterocycles. The molecule has 1 aromatic carbocycles. The minimum Gasteiger partial charge on any atom is -0.476 e. The van der Waals surface area contributed by atoms with Crippen molar-refractivity contribution < 1.29 is 32.2 Å². The largest absolute Gasteiger partial charge is 0.476 e. The molecule has 2 bridgehead atoms. The lowest BCUT2D eigenvalue weighted by atomic mass is 9.64. The van der Waals surface area contributed by atoms with Crippen LogP contribution in [0.3, 0.4) is 0 Å². The van der Waals surface area contributed by atoms with Crippen LogP contribution in [0.4, 0.5) is 18.9 Å². The molecule has 0 aliphatic carbocycles. The summed E-state index contributed by atoms with van der Waals surface area (Å²) < 4.78 is 53.3. The normalized spacial score (nSPS) is 31.1. The lowest BCUT2D eigenvalue weighted by Crippen LogP contribution is -2.48. The quantitative estimate of drug-likeness (QED) is 0.462. The van der Waals surface area contributed by atoms with Crippen molar-refractivity contribution in [3.05, 3.63) is 51.1 Å². The molecule has 0 radical (unpaired) electrons. The highest BCUT2D eigenvalue weighted by atomic mass is 79.9. The molecule has 0 saturated carbocycles. The topological polar surface area (TPSA) is 92.5 Å². The van der Waals surface area contributed by atoms with Crippen LogP contribution in [0.15, 0.2) is 34.9 Å². The van der Waals surface area contributed by atoms with Gasteiger partial charge in [-0.05, 0) is 60.5 Å². The zero-order chi connectivity index (χ0) is 26.2. The van der Waals surface area contributed by atoms with E-state index in [0.29, 0.717) is 27.9 Å². The standard InChI is InChI=1S/C24H18BrClF3N3O4/c1-22-7-12(10-35-19-16(25)5-13(26)9-31-19)23(2,36-22)18-17(22)20(33)32(21(18)34)14-4-3-11(8-30)15(6-14)24(27,28)29/h3-6,9,12,17-18H,7,10H2,1-2H3/t12-,17+,18-,22+,23-/m0/s1. The number of nitrogens with zero attached hydrogens (tertiary/aromatic N) is 3.